The molecule has 1 heteroatoms. The molecule has 0 aromatic rings. The van der Waals surface area contributed by atoms with E-state index in [4.69, 9.17) is 6.42 Å². The number of aliphatic hydroxyl groups excluding tert-OH is 1. The quantitative estimate of drug-likeness (QED) is 0.495. The lowest BCUT2D eigenvalue weighted by Gasteiger charge is -2.07. The maximum Gasteiger partial charge on any atom is 0.0859 e. The maximum absolute atomic E-state index is 9.59. The maximum atomic E-state index is 9.59. The van der Waals surface area contributed by atoms with Crippen molar-refractivity contribution in [1.82, 2.24) is 0 Å². The van der Waals surface area contributed by atoms with Crippen molar-refractivity contribution in [1.29, 1.82) is 0 Å². The summed E-state index contributed by atoms with van der Waals surface area (Å²) in [6, 6.07) is 0. The van der Waals surface area contributed by atoms with E-state index in [-0.39, 0.29) is 0 Å². The summed E-state index contributed by atoms with van der Waals surface area (Å²) in [5.41, 5.74) is 0.931. The van der Waals surface area contributed by atoms with Crippen LogP contribution in [0.25, 0.3) is 0 Å². The summed E-state index contributed by atoms with van der Waals surface area (Å²) in [5.74, 6) is 3.27. The van der Waals surface area contributed by atoms with Crippen LogP contribution in [0.3, 0.4) is 0 Å². The molecule has 0 amide bonds. The van der Waals surface area contributed by atoms with Crippen molar-refractivity contribution in [3.8, 4) is 12.3 Å². The second kappa shape index (κ2) is 10.2. The Balaban J connectivity index is 3.86. The van der Waals surface area contributed by atoms with Gasteiger partial charge in [-0.2, -0.15) is 0 Å². The van der Waals surface area contributed by atoms with Gasteiger partial charge in [0, 0.05) is 6.42 Å². The third-order valence-electron chi connectivity index (χ3n) is 2.94. The Labute approximate surface area is 107 Å². The topological polar surface area (TPSA) is 20.2 Å². The molecule has 0 fully saturated rings. The molecule has 0 rings (SSSR count). The number of terminal acetylenes is 1. The van der Waals surface area contributed by atoms with Crippen molar-refractivity contribution >= 4 is 0 Å². The Morgan fingerprint density at radius 3 is 2.71 bits per heavy atom. The molecule has 0 bridgehead atoms. The van der Waals surface area contributed by atoms with E-state index in [9.17, 15) is 5.11 Å². The fourth-order valence-electron chi connectivity index (χ4n) is 1.72. The predicted octanol–water partition coefficient (Wildman–Crippen LogP) is 4.09. The van der Waals surface area contributed by atoms with Gasteiger partial charge in [-0.25, -0.2) is 0 Å². The fraction of sp³-hybridized carbons (Fsp3) is 0.625. The lowest BCUT2D eigenvalue weighted by Crippen LogP contribution is -2.05. The summed E-state index contributed by atoms with van der Waals surface area (Å²) < 4.78 is 0. The van der Waals surface area contributed by atoms with Crippen molar-refractivity contribution in [2.24, 2.45) is 5.92 Å². The van der Waals surface area contributed by atoms with E-state index >= 15 is 0 Å². The van der Waals surface area contributed by atoms with Crippen LogP contribution in [0.1, 0.15) is 52.9 Å². The summed E-state index contributed by atoms with van der Waals surface area (Å²) in [4.78, 5) is 0. The highest BCUT2D eigenvalue weighted by molar-refractivity contribution is 5.15. The number of hydrogen-bond donors (Lipinski definition) is 1. The van der Waals surface area contributed by atoms with E-state index in [0.717, 1.165) is 17.9 Å². The number of hydrogen-bond acceptors (Lipinski definition) is 1. The second-order valence-electron chi connectivity index (χ2n) is 4.73. The molecule has 0 saturated carbocycles. The van der Waals surface area contributed by atoms with Crippen LogP contribution >= 0.6 is 0 Å². The summed E-state index contributed by atoms with van der Waals surface area (Å²) in [6.07, 6.45) is 16.1. The van der Waals surface area contributed by atoms with Crippen LogP contribution in [-0.2, 0) is 0 Å². The minimum atomic E-state index is -0.497. The fourth-order valence-corrected chi connectivity index (χ4v) is 1.72. The first-order valence-electron chi connectivity index (χ1n) is 6.56. The largest absolute Gasteiger partial charge is 0.388 e. The van der Waals surface area contributed by atoms with Gasteiger partial charge in [0.1, 0.15) is 0 Å². The Hall–Kier alpha value is -1.00. The highest BCUT2D eigenvalue weighted by Crippen LogP contribution is 2.12. The monoisotopic (exact) mass is 234 g/mol. The van der Waals surface area contributed by atoms with E-state index in [0.29, 0.717) is 6.42 Å². The first-order chi connectivity index (χ1) is 8.11. The smallest absolute Gasteiger partial charge is 0.0859 e. The number of rotatable bonds is 8. The summed E-state index contributed by atoms with van der Waals surface area (Å²) in [7, 11) is 0. The lowest BCUT2D eigenvalue weighted by molar-refractivity contribution is 0.217. The molecule has 17 heavy (non-hydrogen) atoms. The van der Waals surface area contributed by atoms with Crippen molar-refractivity contribution in [3.63, 3.8) is 0 Å². The van der Waals surface area contributed by atoms with E-state index in [2.05, 4.69) is 25.8 Å². The first kappa shape index (κ1) is 16.0. The van der Waals surface area contributed by atoms with Crippen molar-refractivity contribution in [2.75, 3.05) is 0 Å². The zero-order valence-corrected chi connectivity index (χ0v) is 11.4. The zero-order valence-electron chi connectivity index (χ0n) is 11.4. The molecule has 0 saturated heterocycles. The van der Waals surface area contributed by atoms with Crippen LogP contribution < -0.4 is 0 Å². The molecule has 0 aromatic carbocycles. The third-order valence-corrected chi connectivity index (χ3v) is 2.94. The van der Waals surface area contributed by atoms with Crippen LogP contribution in [0.15, 0.2) is 23.8 Å². The summed E-state index contributed by atoms with van der Waals surface area (Å²) >= 11 is 0. The Kier molecular flexibility index (Phi) is 9.57. The van der Waals surface area contributed by atoms with Gasteiger partial charge in [-0.05, 0) is 31.3 Å². The van der Waals surface area contributed by atoms with Crippen LogP contribution in [0, 0.1) is 18.3 Å². The van der Waals surface area contributed by atoms with Crippen LogP contribution in [-0.4, -0.2) is 11.2 Å². The van der Waals surface area contributed by atoms with Gasteiger partial charge in [-0.15, -0.1) is 12.3 Å². The molecule has 0 radical (unpaired) electrons. The molecular formula is C16H26O. The molecule has 1 nitrogen and oxygen atoms in total. The van der Waals surface area contributed by atoms with Gasteiger partial charge in [0.05, 0.1) is 6.10 Å². The molecule has 2 unspecified atom stereocenters. The lowest BCUT2D eigenvalue weighted by atomic mass is 10.0. The second-order valence-corrected chi connectivity index (χ2v) is 4.73. The minimum Gasteiger partial charge on any atom is -0.388 e. The van der Waals surface area contributed by atoms with Gasteiger partial charge >= 0.3 is 0 Å². The van der Waals surface area contributed by atoms with Crippen molar-refractivity contribution in [2.45, 2.75) is 59.0 Å². The molecule has 0 aliphatic heterocycles. The molecule has 0 aromatic heterocycles. The Bertz CT molecular complexity index is 280. The molecular weight excluding hydrogens is 208 g/mol. The van der Waals surface area contributed by atoms with Gasteiger partial charge < -0.3 is 5.11 Å². The summed E-state index contributed by atoms with van der Waals surface area (Å²) in [6.45, 7) is 6.44. The molecule has 96 valence electrons. The average molecular weight is 234 g/mol. The SMILES string of the molecule is C#CCC(O)/C(C)=C/C=C/CCC(C)CCC. The average Bonchev–Trinajstić information content (AvgIpc) is 2.29. The van der Waals surface area contributed by atoms with Crippen molar-refractivity contribution in [3.05, 3.63) is 23.8 Å². The van der Waals surface area contributed by atoms with Crippen LogP contribution in [0.4, 0.5) is 0 Å². The zero-order chi connectivity index (χ0) is 13.1. The molecule has 1 N–H and O–H groups in total. The van der Waals surface area contributed by atoms with E-state index < -0.39 is 6.10 Å². The van der Waals surface area contributed by atoms with Gasteiger partial charge in [0.2, 0.25) is 0 Å². The predicted molar refractivity (Wildman–Crippen MR) is 75.7 cm³/mol. The standard InChI is InChI=1S/C16H26O/c1-5-10-14(3)12-8-7-9-13-15(4)16(17)11-6-2/h2,7,9,13-14,16-17H,5,8,10-12H2,1,3-4H3/b9-7+,15-13+. The molecule has 0 aliphatic carbocycles. The van der Waals surface area contributed by atoms with Gasteiger partial charge in [0.25, 0.3) is 0 Å². The van der Waals surface area contributed by atoms with Gasteiger partial charge in [-0.1, -0.05) is 44.9 Å². The highest BCUT2D eigenvalue weighted by atomic mass is 16.3. The molecule has 2 atom stereocenters. The van der Waals surface area contributed by atoms with Crippen LogP contribution in [0.5, 0.6) is 0 Å². The third kappa shape index (κ3) is 8.77. The molecule has 0 heterocycles. The highest BCUT2D eigenvalue weighted by Gasteiger charge is 2.02. The van der Waals surface area contributed by atoms with Crippen molar-refractivity contribution < 1.29 is 5.11 Å². The van der Waals surface area contributed by atoms with E-state index in [1.54, 1.807) is 0 Å². The normalized spacial score (nSPS) is 15.8. The molecule has 0 aliphatic rings. The van der Waals surface area contributed by atoms with Gasteiger partial charge in [0.15, 0.2) is 0 Å². The molecule has 0 spiro atoms. The van der Waals surface area contributed by atoms with E-state index in [1.165, 1.54) is 19.3 Å². The van der Waals surface area contributed by atoms with Gasteiger partial charge in [-0.3, -0.25) is 0 Å². The number of aliphatic hydroxyl groups is 1. The van der Waals surface area contributed by atoms with E-state index in [1.807, 2.05) is 19.1 Å². The Morgan fingerprint density at radius 2 is 2.12 bits per heavy atom. The minimum absolute atomic E-state index is 0.393. The summed E-state index contributed by atoms with van der Waals surface area (Å²) in [5, 5.41) is 9.59. The Morgan fingerprint density at radius 1 is 1.41 bits per heavy atom. The number of allylic oxidation sites excluding steroid dienone is 3. The van der Waals surface area contributed by atoms with Crippen LogP contribution in [0.2, 0.25) is 0 Å². The first-order valence-corrected chi connectivity index (χ1v) is 6.56.